The van der Waals surface area contributed by atoms with Crippen LogP contribution in [0.25, 0.3) is 0 Å². The highest BCUT2D eigenvalue weighted by atomic mass is 16.5. The van der Waals surface area contributed by atoms with Crippen LogP contribution < -0.4 is 37.6 Å². The number of fused-ring (bicyclic) bond motifs is 2. The minimum Gasteiger partial charge on any atom is -0.508 e. The Morgan fingerprint density at radius 2 is 1.41 bits per heavy atom. The molecule has 15 unspecified atom stereocenters. The monoisotopic (exact) mass is 1120 g/mol. The Labute approximate surface area is 464 Å². The molecule has 3 aliphatic heterocycles. The first-order valence-electron chi connectivity index (χ1n) is 28.5. The van der Waals surface area contributed by atoms with Crippen molar-refractivity contribution in [1.82, 2.24) is 41.7 Å². The fraction of sp³-hybridized carbons (Fsp3) is 0.764. The first-order chi connectivity index (χ1) is 37.4. The number of hydrogen-bond donors (Lipinski definition) is 14. The molecule has 3 heterocycles. The molecule has 0 aliphatic carbocycles. The van der Waals surface area contributed by atoms with Crippen molar-refractivity contribution in [2.24, 2.45) is 17.6 Å². The Balaban J connectivity index is 1.73. The predicted octanol–water partition coefficient (Wildman–Crippen LogP) is -0.816. The molecule has 448 valence electrons. The van der Waals surface area contributed by atoms with Gasteiger partial charge in [-0.05, 0) is 68.7 Å². The first-order valence-corrected chi connectivity index (χ1v) is 28.5. The number of aromatic hydroxyl groups is 1. The van der Waals surface area contributed by atoms with Crippen molar-refractivity contribution in [1.29, 1.82) is 0 Å². The summed E-state index contributed by atoms with van der Waals surface area (Å²) >= 11 is 0. The molecule has 0 radical (unpaired) electrons. The highest BCUT2D eigenvalue weighted by molar-refractivity contribution is 5.98. The third kappa shape index (κ3) is 20.8. The van der Waals surface area contributed by atoms with Crippen LogP contribution in [0.5, 0.6) is 5.75 Å². The largest absolute Gasteiger partial charge is 0.508 e. The number of nitrogens with one attached hydrogen (secondary N) is 6. The maximum Gasteiger partial charge on any atom is 0.248 e. The molecule has 24 nitrogen and oxygen atoms in total. The quantitative estimate of drug-likeness (QED) is 0.0532. The molecule has 3 aliphatic rings. The van der Waals surface area contributed by atoms with Gasteiger partial charge in [-0.3, -0.25) is 33.6 Å². The maximum absolute atomic E-state index is 14.8. The predicted molar refractivity (Wildman–Crippen MR) is 291 cm³/mol. The van der Waals surface area contributed by atoms with E-state index in [1.54, 1.807) is 0 Å². The van der Waals surface area contributed by atoms with Gasteiger partial charge in [-0.1, -0.05) is 91.7 Å². The zero-order valence-electron chi connectivity index (χ0n) is 47.1. The normalized spacial score (nSPS) is 27.9. The van der Waals surface area contributed by atoms with Crippen molar-refractivity contribution in [2.75, 3.05) is 32.8 Å². The second kappa shape index (κ2) is 33.0. The molecular weight excluding hydrogens is 1030 g/mol. The molecule has 7 amide bonds. The van der Waals surface area contributed by atoms with Crippen LogP contribution in [0.2, 0.25) is 0 Å². The first kappa shape index (κ1) is 66.5. The molecule has 15 atom stereocenters. The lowest BCUT2D eigenvalue weighted by Gasteiger charge is -2.34. The summed E-state index contributed by atoms with van der Waals surface area (Å²) in [5.41, 5.74) is 5.96. The van der Waals surface area contributed by atoms with Crippen molar-refractivity contribution in [3.63, 3.8) is 0 Å². The summed E-state index contributed by atoms with van der Waals surface area (Å²) in [6.45, 7) is 10.6. The van der Waals surface area contributed by atoms with E-state index in [0.29, 0.717) is 18.3 Å². The van der Waals surface area contributed by atoms with E-state index in [4.69, 9.17) is 10.5 Å². The number of rotatable bonds is 25. The molecule has 0 aromatic heterocycles. The number of nitrogens with zero attached hydrogens (tertiary/aromatic N) is 2. The third-order valence-corrected chi connectivity index (χ3v) is 15.2. The fourth-order valence-corrected chi connectivity index (χ4v) is 10.5. The van der Waals surface area contributed by atoms with Crippen LogP contribution in [-0.4, -0.2) is 199 Å². The van der Waals surface area contributed by atoms with Crippen LogP contribution >= 0.6 is 0 Å². The van der Waals surface area contributed by atoms with Crippen LogP contribution in [0, 0.1) is 11.8 Å². The van der Waals surface area contributed by atoms with Gasteiger partial charge in [0.1, 0.15) is 48.1 Å². The van der Waals surface area contributed by atoms with E-state index in [1.165, 1.54) is 37.6 Å². The lowest BCUT2D eigenvalue weighted by molar-refractivity contribution is -0.149. The van der Waals surface area contributed by atoms with Gasteiger partial charge < -0.3 is 87.9 Å². The van der Waals surface area contributed by atoms with Crippen LogP contribution in [-0.2, 0) is 38.3 Å². The molecule has 0 bridgehead atoms. The number of phenols is 1. The third-order valence-electron chi connectivity index (χ3n) is 15.2. The molecule has 24 heteroatoms. The van der Waals surface area contributed by atoms with Crippen LogP contribution in [0.3, 0.4) is 0 Å². The van der Waals surface area contributed by atoms with Crippen molar-refractivity contribution in [3.8, 4) is 5.75 Å². The molecule has 3 saturated heterocycles. The lowest BCUT2D eigenvalue weighted by atomic mass is 9.91. The lowest BCUT2D eigenvalue weighted by Crippen LogP contribution is -2.62. The summed E-state index contributed by atoms with van der Waals surface area (Å²) in [5, 5.41) is 94.0. The standard InChI is InChI=1S/C55H93N9O15/c1-7-32(4)26-33(5)14-12-10-8-9-11-13-15-45(72)58-38-29-44(71)53(79-25-22-56)62-52(76)48-42(69)21-24-63(48)55(78)47(41(68)20-23-57-31(2)3)61-50(74)39(28-43(70)35-16-18-36(66)19-17-35)59-51(75)40-27-37(67)30-64(40)54(77)46(34(6)65)60-49(38)73/h16-19,31-34,37-44,46-48,53,57,65-71H,7-15,20-30,56H2,1-6H3,(H,58,72)(H,59,75)(H,60,73)(H,61,74)(H,62,76). The van der Waals surface area contributed by atoms with Crippen LogP contribution in [0.15, 0.2) is 24.3 Å². The zero-order chi connectivity index (χ0) is 58.5. The van der Waals surface area contributed by atoms with E-state index in [1.807, 2.05) is 13.8 Å². The highest BCUT2D eigenvalue weighted by Crippen LogP contribution is 2.27. The Hall–Kier alpha value is -5.05. The average molecular weight is 1120 g/mol. The molecule has 79 heavy (non-hydrogen) atoms. The second-order valence-corrected chi connectivity index (χ2v) is 22.3. The van der Waals surface area contributed by atoms with E-state index in [0.717, 1.165) is 54.7 Å². The Kier molecular flexibility index (Phi) is 27.8. The summed E-state index contributed by atoms with van der Waals surface area (Å²) in [6, 6.07) is -5.11. The van der Waals surface area contributed by atoms with Crippen molar-refractivity contribution in [3.05, 3.63) is 29.8 Å². The van der Waals surface area contributed by atoms with Gasteiger partial charge in [-0.25, -0.2) is 0 Å². The number of ether oxygens (including phenoxy) is 1. The molecule has 1 aromatic rings. The van der Waals surface area contributed by atoms with E-state index >= 15 is 0 Å². The number of aliphatic hydroxyl groups excluding tert-OH is 6. The number of carbonyl (C=O) groups excluding carboxylic acids is 7. The van der Waals surface area contributed by atoms with Gasteiger partial charge in [0, 0.05) is 51.4 Å². The second-order valence-electron chi connectivity index (χ2n) is 22.3. The fourth-order valence-electron chi connectivity index (χ4n) is 10.5. The Morgan fingerprint density at radius 1 is 0.759 bits per heavy atom. The number of unbranched alkanes of at least 4 members (excludes halogenated alkanes) is 5. The Bertz CT molecular complexity index is 2110. The number of nitrogens with two attached hydrogens (primary N) is 1. The van der Waals surface area contributed by atoms with Gasteiger partial charge in [0.15, 0.2) is 6.23 Å². The SMILES string of the molecule is CCC(C)CC(C)CCCCCCCCC(=O)NC1CC(O)C(OCCN)NC(=O)C2C(O)CCN2C(=O)C(C(O)CCNC(C)C)NC(=O)C(CC(O)c2ccc(O)cc2)NC(=O)C2CC(O)CN2C(=O)C(C(C)O)NC1=O. The summed E-state index contributed by atoms with van der Waals surface area (Å²) in [5.74, 6) is -5.72. The summed E-state index contributed by atoms with van der Waals surface area (Å²) < 4.78 is 5.78. The maximum atomic E-state index is 14.8. The minimum absolute atomic E-state index is 0.0193. The van der Waals surface area contributed by atoms with E-state index in [2.05, 4.69) is 52.7 Å². The number of aliphatic hydroxyl groups is 6. The molecule has 4 rings (SSSR count). The molecule has 3 fully saturated rings. The summed E-state index contributed by atoms with van der Waals surface area (Å²) in [4.78, 5) is 103. The van der Waals surface area contributed by atoms with Crippen LogP contribution in [0.1, 0.15) is 150 Å². The number of hydrogen-bond acceptors (Lipinski definition) is 17. The van der Waals surface area contributed by atoms with Crippen molar-refractivity contribution >= 4 is 41.4 Å². The van der Waals surface area contributed by atoms with Crippen molar-refractivity contribution in [2.45, 2.75) is 223 Å². The smallest absolute Gasteiger partial charge is 0.248 e. The molecule has 0 saturated carbocycles. The molecule has 1 aromatic carbocycles. The minimum atomic E-state index is -1.85. The number of phenolic OH excluding ortho intramolecular Hbond substituents is 1. The van der Waals surface area contributed by atoms with Gasteiger partial charge in [-0.15, -0.1) is 0 Å². The zero-order valence-corrected chi connectivity index (χ0v) is 47.1. The Morgan fingerprint density at radius 3 is 2.05 bits per heavy atom. The van der Waals surface area contributed by atoms with Gasteiger partial charge in [-0.2, -0.15) is 0 Å². The molecule has 15 N–H and O–H groups in total. The average Bonchev–Trinajstić information content (AvgIpc) is 4.06. The van der Waals surface area contributed by atoms with Crippen LogP contribution in [0.4, 0.5) is 0 Å². The number of carbonyl (C=O) groups is 7. The van der Waals surface area contributed by atoms with E-state index in [-0.39, 0.29) is 69.3 Å². The summed E-state index contributed by atoms with van der Waals surface area (Å²) in [7, 11) is 0. The molecule has 0 spiro atoms. The van der Waals surface area contributed by atoms with E-state index < -0.39 is 140 Å². The number of amides is 7. The molecular formula is C55H93N9O15. The highest BCUT2D eigenvalue weighted by Gasteiger charge is 2.48. The van der Waals surface area contributed by atoms with Gasteiger partial charge in [0.2, 0.25) is 41.4 Å². The van der Waals surface area contributed by atoms with Crippen molar-refractivity contribution < 1.29 is 74.0 Å². The van der Waals surface area contributed by atoms with Gasteiger partial charge in [0.25, 0.3) is 0 Å². The summed E-state index contributed by atoms with van der Waals surface area (Å²) in [6.07, 6.45) is -4.47. The topological polar surface area (TPSA) is 375 Å². The van der Waals surface area contributed by atoms with Gasteiger partial charge in [0.05, 0.1) is 37.1 Å². The number of benzene rings is 1. The van der Waals surface area contributed by atoms with Gasteiger partial charge >= 0.3 is 0 Å². The van der Waals surface area contributed by atoms with E-state index in [9.17, 15) is 69.3 Å².